The molecule has 0 atom stereocenters. The molecule has 0 saturated carbocycles. The van der Waals surface area contributed by atoms with E-state index in [-0.39, 0.29) is 5.24 Å². The molecule has 18 heavy (non-hydrogen) atoms. The average Bonchev–Trinajstić information content (AvgIpc) is 2.34. The first kappa shape index (κ1) is 17.7. The minimum absolute atomic E-state index is 0.194. The molecule has 0 radical (unpaired) electrons. The summed E-state index contributed by atoms with van der Waals surface area (Å²) in [6.07, 6.45) is 18.9. The molecule has 0 spiro atoms. The fourth-order valence-electron chi connectivity index (χ4n) is 1.98. The van der Waals surface area contributed by atoms with E-state index in [4.69, 9.17) is 11.6 Å². The second-order valence-corrected chi connectivity index (χ2v) is 5.40. The van der Waals surface area contributed by atoms with Crippen LogP contribution in [0.2, 0.25) is 0 Å². The second-order valence-electron chi connectivity index (χ2n) is 4.98. The molecule has 0 aliphatic heterocycles. The lowest BCUT2D eigenvalue weighted by Crippen LogP contribution is -1.86. The first-order chi connectivity index (χ1) is 8.77. The summed E-state index contributed by atoms with van der Waals surface area (Å²) in [6.45, 7) is 2.25. The van der Waals surface area contributed by atoms with Crippen LogP contribution in [0.4, 0.5) is 0 Å². The first-order valence-corrected chi connectivity index (χ1v) is 7.98. The molecule has 0 aliphatic carbocycles. The lowest BCUT2D eigenvalue weighted by molar-refractivity contribution is -0.111. The van der Waals surface area contributed by atoms with Gasteiger partial charge in [0.2, 0.25) is 5.24 Å². The Kier molecular flexibility index (Phi) is 14.5. The molecule has 1 nitrogen and oxygen atoms in total. The predicted molar refractivity (Wildman–Crippen MR) is 81.1 cm³/mol. The summed E-state index contributed by atoms with van der Waals surface area (Å²) >= 11 is 5.27. The first-order valence-electron chi connectivity index (χ1n) is 7.60. The molecule has 0 fully saturated rings. The van der Waals surface area contributed by atoms with Crippen molar-refractivity contribution < 1.29 is 4.79 Å². The molecule has 0 aliphatic rings. The molecule has 0 heterocycles. The Hall–Kier alpha value is -0.300. The molecule has 0 aromatic heterocycles. The van der Waals surface area contributed by atoms with Crippen LogP contribution >= 0.6 is 11.6 Å². The van der Waals surface area contributed by atoms with E-state index < -0.39 is 0 Å². The number of unbranched alkanes of at least 4 members (excludes halogenated alkanes) is 9. The highest BCUT2D eigenvalue weighted by molar-refractivity contribution is 6.63. The van der Waals surface area contributed by atoms with Crippen LogP contribution < -0.4 is 0 Å². The molecule has 0 saturated heterocycles. The van der Waals surface area contributed by atoms with Crippen molar-refractivity contribution in [2.75, 3.05) is 0 Å². The highest BCUT2D eigenvalue weighted by Gasteiger charge is 1.95. The lowest BCUT2D eigenvalue weighted by atomic mass is 10.1. The molecular weight excluding hydrogens is 244 g/mol. The maximum atomic E-state index is 10.5. The Morgan fingerprint density at radius 3 is 1.89 bits per heavy atom. The van der Waals surface area contributed by atoms with Crippen LogP contribution in [0.25, 0.3) is 0 Å². The maximum Gasteiger partial charge on any atom is 0.221 e. The molecule has 0 amide bonds. The van der Waals surface area contributed by atoms with Crippen molar-refractivity contribution in [3.05, 3.63) is 12.2 Å². The van der Waals surface area contributed by atoms with Gasteiger partial charge in [0.15, 0.2) is 0 Å². The van der Waals surface area contributed by atoms with Gasteiger partial charge in [-0.1, -0.05) is 57.6 Å². The van der Waals surface area contributed by atoms with Gasteiger partial charge < -0.3 is 0 Å². The van der Waals surface area contributed by atoms with Gasteiger partial charge >= 0.3 is 0 Å². The van der Waals surface area contributed by atoms with Crippen molar-refractivity contribution in [1.82, 2.24) is 0 Å². The predicted octanol–water partition coefficient (Wildman–Crippen LogP) is 6.01. The van der Waals surface area contributed by atoms with E-state index in [0.717, 1.165) is 12.8 Å². The van der Waals surface area contributed by atoms with Crippen molar-refractivity contribution in [2.24, 2.45) is 0 Å². The zero-order valence-corrected chi connectivity index (χ0v) is 12.7. The van der Waals surface area contributed by atoms with Crippen LogP contribution in [-0.2, 0) is 4.79 Å². The van der Waals surface area contributed by atoms with Gasteiger partial charge in [-0.05, 0) is 43.7 Å². The molecule has 0 N–H and O–H groups in total. The number of carbonyl (C=O) groups is 1. The summed E-state index contributed by atoms with van der Waals surface area (Å²) in [6, 6.07) is 0. The van der Waals surface area contributed by atoms with Crippen LogP contribution in [0, 0.1) is 0 Å². The highest BCUT2D eigenvalue weighted by atomic mass is 35.5. The third-order valence-electron chi connectivity index (χ3n) is 3.14. The Bertz CT molecular complexity index is 211. The third-order valence-corrected chi connectivity index (χ3v) is 3.32. The smallest absolute Gasteiger partial charge is 0.221 e. The van der Waals surface area contributed by atoms with Gasteiger partial charge in [-0.2, -0.15) is 0 Å². The van der Waals surface area contributed by atoms with Gasteiger partial charge in [-0.3, -0.25) is 4.79 Å². The van der Waals surface area contributed by atoms with E-state index in [1.807, 2.05) is 0 Å². The molecule has 0 aromatic carbocycles. The van der Waals surface area contributed by atoms with E-state index in [0.29, 0.717) is 6.42 Å². The summed E-state index contributed by atoms with van der Waals surface area (Å²) < 4.78 is 0. The quantitative estimate of drug-likeness (QED) is 0.228. The van der Waals surface area contributed by atoms with Crippen molar-refractivity contribution in [2.45, 2.75) is 84.0 Å². The van der Waals surface area contributed by atoms with Gasteiger partial charge in [0.05, 0.1) is 0 Å². The van der Waals surface area contributed by atoms with Gasteiger partial charge in [0, 0.05) is 6.42 Å². The topological polar surface area (TPSA) is 17.1 Å². The lowest BCUT2D eigenvalue weighted by Gasteiger charge is -1.98. The summed E-state index contributed by atoms with van der Waals surface area (Å²) in [5.74, 6) is 0. The number of hydrogen-bond acceptors (Lipinski definition) is 1. The van der Waals surface area contributed by atoms with Crippen LogP contribution in [0.15, 0.2) is 12.2 Å². The summed E-state index contributed by atoms with van der Waals surface area (Å²) in [7, 11) is 0. The van der Waals surface area contributed by atoms with Gasteiger partial charge in [0.25, 0.3) is 0 Å². The molecule has 0 unspecified atom stereocenters. The minimum Gasteiger partial charge on any atom is -0.281 e. The molecule has 0 rings (SSSR count). The molecule has 2 heteroatoms. The Balaban J connectivity index is 3.06. The third kappa shape index (κ3) is 15.7. The van der Waals surface area contributed by atoms with Gasteiger partial charge in [-0.15, -0.1) is 0 Å². The van der Waals surface area contributed by atoms with Crippen LogP contribution in [0.3, 0.4) is 0 Å². The van der Waals surface area contributed by atoms with Crippen LogP contribution in [0.1, 0.15) is 84.0 Å². The number of halogens is 1. The standard InChI is InChI=1S/C16H29ClO/c1-2-3-4-5-6-7-8-9-10-11-12-13-14-15-16(17)18/h7-8H,2-6,9-15H2,1H3. The minimum atomic E-state index is -0.194. The molecule has 106 valence electrons. The fourth-order valence-corrected chi connectivity index (χ4v) is 2.11. The number of hydrogen-bond donors (Lipinski definition) is 0. The Morgan fingerprint density at radius 2 is 1.33 bits per heavy atom. The summed E-state index contributed by atoms with van der Waals surface area (Å²) in [5, 5.41) is -0.194. The molecule has 0 aromatic rings. The van der Waals surface area contributed by atoms with Gasteiger partial charge in [0.1, 0.15) is 0 Å². The van der Waals surface area contributed by atoms with Crippen LogP contribution in [-0.4, -0.2) is 5.24 Å². The Labute approximate surface area is 118 Å². The van der Waals surface area contributed by atoms with Gasteiger partial charge in [-0.25, -0.2) is 0 Å². The second kappa shape index (κ2) is 14.8. The van der Waals surface area contributed by atoms with Crippen molar-refractivity contribution in [3.8, 4) is 0 Å². The van der Waals surface area contributed by atoms with Crippen molar-refractivity contribution in [3.63, 3.8) is 0 Å². The van der Waals surface area contributed by atoms with E-state index >= 15 is 0 Å². The van der Waals surface area contributed by atoms with E-state index in [2.05, 4.69) is 19.1 Å². The number of carbonyl (C=O) groups excluding carboxylic acids is 1. The highest BCUT2D eigenvalue weighted by Crippen LogP contribution is 2.09. The zero-order valence-electron chi connectivity index (χ0n) is 11.9. The van der Waals surface area contributed by atoms with E-state index in [1.165, 1.54) is 57.8 Å². The van der Waals surface area contributed by atoms with Crippen molar-refractivity contribution in [1.29, 1.82) is 0 Å². The largest absolute Gasteiger partial charge is 0.281 e. The van der Waals surface area contributed by atoms with Crippen LogP contribution in [0.5, 0.6) is 0 Å². The molecular formula is C16H29ClO. The SMILES string of the molecule is CCCCCCC=CCCCCCCCC(=O)Cl. The zero-order chi connectivity index (χ0) is 13.5. The van der Waals surface area contributed by atoms with E-state index in [1.54, 1.807) is 0 Å². The normalized spacial score (nSPS) is 11.2. The summed E-state index contributed by atoms with van der Waals surface area (Å²) in [4.78, 5) is 10.5. The fraction of sp³-hybridized carbons (Fsp3) is 0.812. The summed E-state index contributed by atoms with van der Waals surface area (Å²) in [5.41, 5.74) is 0. The average molecular weight is 273 g/mol. The maximum absolute atomic E-state index is 10.5. The van der Waals surface area contributed by atoms with E-state index in [9.17, 15) is 4.79 Å². The monoisotopic (exact) mass is 272 g/mol. The Morgan fingerprint density at radius 1 is 0.833 bits per heavy atom. The van der Waals surface area contributed by atoms with Crippen molar-refractivity contribution >= 4 is 16.8 Å². The molecule has 0 bridgehead atoms. The number of rotatable bonds is 13. The number of allylic oxidation sites excluding steroid dienone is 2.